The summed E-state index contributed by atoms with van der Waals surface area (Å²) >= 11 is 3.56. The summed E-state index contributed by atoms with van der Waals surface area (Å²) in [6.45, 7) is 5.73. The van der Waals surface area contributed by atoms with Crippen molar-refractivity contribution < 1.29 is 0 Å². The molecule has 0 heterocycles. The fourth-order valence-electron chi connectivity index (χ4n) is 1.76. The second-order valence-corrected chi connectivity index (χ2v) is 4.97. The maximum atomic E-state index is 5.88. The lowest BCUT2D eigenvalue weighted by Crippen LogP contribution is -2.24. The van der Waals surface area contributed by atoms with Crippen LogP contribution in [0.15, 0.2) is 22.7 Å². The number of nitrogens with zero attached hydrogens (tertiary/aromatic N) is 1. The van der Waals surface area contributed by atoms with Crippen molar-refractivity contribution in [3.05, 3.63) is 28.2 Å². The van der Waals surface area contributed by atoms with Gasteiger partial charge in [0, 0.05) is 22.7 Å². The van der Waals surface area contributed by atoms with Gasteiger partial charge in [0.15, 0.2) is 0 Å². The molecule has 1 aromatic carbocycles. The molecule has 0 aliphatic heterocycles. The van der Waals surface area contributed by atoms with Gasteiger partial charge in [-0.1, -0.05) is 34.8 Å². The smallest absolute Gasteiger partial charge is 0.0791 e. The van der Waals surface area contributed by atoms with Crippen LogP contribution in [0.3, 0.4) is 0 Å². The molecule has 0 aliphatic carbocycles. The van der Waals surface area contributed by atoms with Crippen molar-refractivity contribution in [1.82, 2.24) is 0 Å². The van der Waals surface area contributed by atoms with Gasteiger partial charge in [0.1, 0.15) is 0 Å². The Labute approximate surface area is 112 Å². The lowest BCUT2D eigenvalue weighted by molar-refractivity contribution is 0.804. The first-order valence-corrected chi connectivity index (χ1v) is 6.62. The number of nitrogens with two attached hydrogens (primary N) is 1. The molecule has 0 aromatic heterocycles. The summed E-state index contributed by atoms with van der Waals surface area (Å²) in [5.74, 6) is 2.69. The van der Waals surface area contributed by atoms with E-state index in [1.165, 1.54) is 0 Å². The fraction of sp³-hybridized carbons (Fsp3) is 0.429. The minimum atomic E-state index is 0.0330. The Morgan fingerprint density at radius 3 is 2.71 bits per heavy atom. The van der Waals surface area contributed by atoms with Crippen LogP contribution in [-0.4, -0.2) is 13.1 Å². The molecule has 92 valence electrons. The minimum Gasteiger partial charge on any atom is -0.360 e. The Hall–Kier alpha value is -0.980. The van der Waals surface area contributed by atoms with E-state index in [0.717, 1.165) is 28.7 Å². The predicted molar refractivity (Wildman–Crippen MR) is 78.1 cm³/mol. The third kappa shape index (κ3) is 3.76. The zero-order valence-corrected chi connectivity index (χ0v) is 12.0. The minimum absolute atomic E-state index is 0.0330. The van der Waals surface area contributed by atoms with E-state index in [4.69, 9.17) is 12.2 Å². The highest BCUT2D eigenvalue weighted by Crippen LogP contribution is 2.27. The first-order chi connectivity index (χ1) is 8.10. The number of terminal acetylenes is 1. The van der Waals surface area contributed by atoms with Gasteiger partial charge < -0.3 is 10.6 Å². The lowest BCUT2D eigenvalue weighted by Gasteiger charge is -2.23. The first kappa shape index (κ1) is 14.1. The van der Waals surface area contributed by atoms with Gasteiger partial charge in [-0.05, 0) is 31.0 Å². The summed E-state index contributed by atoms with van der Waals surface area (Å²) in [5, 5.41) is 0. The van der Waals surface area contributed by atoms with Gasteiger partial charge in [0.25, 0.3) is 0 Å². The van der Waals surface area contributed by atoms with Crippen molar-refractivity contribution in [1.29, 1.82) is 0 Å². The fourth-order valence-corrected chi connectivity index (χ4v) is 2.49. The monoisotopic (exact) mass is 294 g/mol. The van der Waals surface area contributed by atoms with Gasteiger partial charge in [-0.25, -0.2) is 0 Å². The molecule has 17 heavy (non-hydrogen) atoms. The van der Waals surface area contributed by atoms with Crippen LogP contribution < -0.4 is 10.6 Å². The van der Waals surface area contributed by atoms with Crippen molar-refractivity contribution in [3.63, 3.8) is 0 Å². The second kappa shape index (κ2) is 6.68. The van der Waals surface area contributed by atoms with Gasteiger partial charge in [-0.15, -0.1) is 6.42 Å². The Balaban J connectivity index is 2.98. The Kier molecular flexibility index (Phi) is 5.54. The first-order valence-electron chi connectivity index (χ1n) is 5.83. The maximum Gasteiger partial charge on any atom is 0.0791 e. The second-order valence-electron chi connectivity index (χ2n) is 4.12. The number of rotatable bonds is 5. The Morgan fingerprint density at radius 2 is 2.24 bits per heavy atom. The molecule has 3 heteroatoms. The largest absolute Gasteiger partial charge is 0.360 e. The molecule has 2 N–H and O–H groups in total. The van der Waals surface area contributed by atoms with E-state index in [2.05, 4.69) is 51.9 Å². The summed E-state index contributed by atoms with van der Waals surface area (Å²) in [4.78, 5) is 2.19. The molecule has 2 nitrogen and oxygen atoms in total. The third-order valence-electron chi connectivity index (χ3n) is 2.62. The summed E-state index contributed by atoms with van der Waals surface area (Å²) in [5.41, 5.74) is 8.14. The number of hydrogen-bond donors (Lipinski definition) is 1. The van der Waals surface area contributed by atoms with E-state index in [9.17, 15) is 0 Å². The molecule has 0 radical (unpaired) electrons. The van der Waals surface area contributed by atoms with Gasteiger partial charge in [0.2, 0.25) is 0 Å². The highest BCUT2D eigenvalue weighted by molar-refractivity contribution is 9.10. The average molecular weight is 295 g/mol. The molecule has 1 rings (SSSR count). The van der Waals surface area contributed by atoms with Gasteiger partial charge in [0.05, 0.1) is 6.54 Å². The Morgan fingerprint density at radius 1 is 1.53 bits per heavy atom. The van der Waals surface area contributed by atoms with Crippen molar-refractivity contribution in [3.8, 4) is 12.3 Å². The molecule has 0 bridgehead atoms. The van der Waals surface area contributed by atoms with Crippen molar-refractivity contribution >= 4 is 21.6 Å². The van der Waals surface area contributed by atoms with E-state index in [-0.39, 0.29) is 6.04 Å². The molecule has 0 saturated heterocycles. The third-order valence-corrected chi connectivity index (χ3v) is 3.30. The van der Waals surface area contributed by atoms with E-state index in [1.807, 2.05) is 6.92 Å². The van der Waals surface area contributed by atoms with Gasteiger partial charge in [-0.2, -0.15) is 0 Å². The molecule has 0 spiro atoms. The standard InChI is InChI=1S/C14H19BrN2/c1-4-8-17(9-5-2)12-6-7-13(11(3)16)14(15)10-12/h1,6-7,10-11H,5,8-9,16H2,2-3H3. The molecule has 0 aliphatic rings. The number of anilines is 1. The predicted octanol–water partition coefficient (Wildman–Crippen LogP) is 3.32. The summed E-state index contributed by atoms with van der Waals surface area (Å²) in [7, 11) is 0. The van der Waals surface area contributed by atoms with Crippen molar-refractivity contribution in [2.75, 3.05) is 18.0 Å². The van der Waals surface area contributed by atoms with Crippen LogP contribution in [0.1, 0.15) is 31.9 Å². The SMILES string of the molecule is C#CCN(CCC)c1ccc(C(C)N)c(Br)c1. The summed E-state index contributed by atoms with van der Waals surface area (Å²) in [6, 6.07) is 6.26. The van der Waals surface area contributed by atoms with Crippen molar-refractivity contribution in [2.45, 2.75) is 26.3 Å². The van der Waals surface area contributed by atoms with Gasteiger partial charge >= 0.3 is 0 Å². The average Bonchev–Trinajstić information content (AvgIpc) is 2.28. The highest BCUT2D eigenvalue weighted by Gasteiger charge is 2.09. The van der Waals surface area contributed by atoms with Crippen LogP contribution in [-0.2, 0) is 0 Å². The summed E-state index contributed by atoms with van der Waals surface area (Å²) in [6.07, 6.45) is 6.47. The molecule has 0 saturated carbocycles. The van der Waals surface area contributed by atoms with E-state index in [0.29, 0.717) is 6.54 Å². The summed E-state index contributed by atoms with van der Waals surface area (Å²) < 4.78 is 1.04. The van der Waals surface area contributed by atoms with Crippen LogP contribution >= 0.6 is 15.9 Å². The van der Waals surface area contributed by atoms with Crippen molar-refractivity contribution in [2.24, 2.45) is 5.73 Å². The molecule has 0 amide bonds. The van der Waals surface area contributed by atoms with E-state index < -0.39 is 0 Å². The number of benzene rings is 1. The topological polar surface area (TPSA) is 29.3 Å². The quantitative estimate of drug-likeness (QED) is 0.844. The zero-order valence-electron chi connectivity index (χ0n) is 10.4. The zero-order chi connectivity index (χ0) is 12.8. The molecule has 1 unspecified atom stereocenters. The normalized spacial score (nSPS) is 11.9. The highest BCUT2D eigenvalue weighted by atomic mass is 79.9. The molecule has 1 aromatic rings. The molecular formula is C14H19BrN2. The molecular weight excluding hydrogens is 276 g/mol. The van der Waals surface area contributed by atoms with E-state index >= 15 is 0 Å². The van der Waals surface area contributed by atoms with Gasteiger partial charge in [-0.3, -0.25) is 0 Å². The molecule has 0 fully saturated rings. The van der Waals surface area contributed by atoms with E-state index in [1.54, 1.807) is 0 Å². The number of hydrogen-bond acceptors (Lipinski definition) is 2. The van der Waals surface area contributed by atoms with Crippen LogP contribution in [0.25, 0.3) is 0 Å². The van der Waals surface area contributed by atoms with Crippen LogP contribution in [0.4, 0.5) is 5.69 Å². The lowest BCUT2D eigenvalue weighted by atomic mass is 10.1. The van der Waals surface area contributed by atoms with Crippen LogP contribution in [0.5, 0.6) is 0 Å². The molecule has 1 atom stereocenters. The maximum absolute atomic E-state index is 5.88. The van der Waals surface area contributed by atoms with Crippen LogP contribution in [0, 0.1) is 12.3 Å². The van der Waals surface area contributed by atoms with Crippen LogP contribution in [0.2, 0.25) is 0 Å². The number of halogens is 1. The Bertz CT molecular complexity index is 407.